The van der Waals surface area contributed by atoms with E-state index >= 15 is 0 Å². The van der Waals surface area contributed by atoms with Crippen molar-refractivity contribution in [3.63, 3.8) is 0 Å². The van der Waals surface area contributed by atoms with E-state index in [9.17, 15) is 18.3 Å². The van der Waals surface area contributed by atoms with Crippen LogP contribution in [0.25, 0.3) is 0 Å². The molecule has 0 unspecified atom stereocenters. The molecule has 0 amide bonds. The number of hydrogen-bond donors (Lipinski definition) is 1. The molecule has 1 aliphatic heterocycles. The fraction of sp³-hybridized carbons (Fsp3) is 0.455. The number of aryl methyl sites for hydroxylation is 1. The number of aliphatic hydroxyl groups is 1. The summed E-state index contributed by atoms with van der Waals surface area (Å²) in [6, 6.07) is 12.4. The zero-order chi connectivity index (χ0) is 21.8. The van der Waals surface area contributed by atoms with E-state index in [0.29, 0.717) is 31.0 Å². The second-order valence-corrected chi connectivity index (χ2v) is 7.78. The van der Waals surface area contributed by atoms with Gasteiger partial charge in [-0.05, 0) is 49.1 Å². The smallest absolute Gasteiger partial charge is 0.414 e. The Balaban J connectivity index is 1.72. The van der Waals surface area contributed by atoms with Gasteiger partial charge in [-0.1, -0.05) is 18.2 Å². The minimum absolute atomic E-state index is 0.149. The Morgan fingerprint density at radius 1 is 1.23 bits per heavy atom. The number of nitrogens with zero attached hydrogens (tertiary/aromatic N) is 3. The summed E-state index contributed by atoms with van der Waals surface area (Å²) < 4.78 is 45.5. The molecule has 1 aromatic carbocycles. The van der Waals surface area contributed by atoms with E-state index in [-0.39, 0.29) is 19.4 Å². The Labute approximate surface area is 173 Å². The third kappa shape index (κ3) is 5.10. The Hall–Kier alpha value is -2.63. The van der Waals surface area contributed by atoms with Crippen molar-refractivity contribution in [3.05, 3.63) is 59.3 Å². The summed E-state index contributed by atoms with van der Waals surface area (Å²) in [6.07, 6.45) is -4.55. The number of rotatable bonds is 7. The van der Waals surface area contributed by atoms with E-state index in [1.165, 1.54) is 7.11 Å². The molecule has 160 valence electrons. The van der Waals surface area contributed by atoms with Gasteiger partial charge >= 0.3 is 6.18 Å². The van der Waals surface area contributed by atoms with Crippen molar-refractivity contribution in [2.75, 3.05) is 20.2 Å². The molecule has 0 aliphatic carbocycles. The number of aliphatic hydroxyl groups excluding tert-OH is 1. The van der Waals surface area contributed by atoms with Gasteiger partial charge in [0.05, 0.1) is 18.7 Å². The standard InChI is InChI=1S/C22H24F3N3O2/c1-30-19-7-6-18(13-27-19)14-28-11-10-21(15-28,20(29)22(23,24)25)9-8-16-2-4-17(12-26)5-3-16/h2-7,13,20,29H,8-11,14-15H2,1H3/t20-,21-/m1/s1. The van der Waals surface area contributed by atoms with Crippen LogP contribution in [-0.4, -0.2) is 47.5 Å². The molecule has 8 heteroatoms. The van der Waals surface area contributed by atoms with E-state index in [1.807, 2.05) is 17.0 Å². The highest BCUT2D eigenvalue weighted by atomic mass is 19.4. The number of methoxy groups -OCH3 is 1. The molecule has 1 saturated heterocycles. The zero-order valence-electron chi connectivity index (χ0n) is 16.7. The fourth-order valence-corrected chi connectivity index (χ4v) is 4.05. The van der Waals surface area contributed by atoms with Crippen LogP contribution in [0.5, 0.6) is 5.88 Å². The largest absolute Gasteiger partial charge is 0.481 e. The molecule has 0 saturated carbocycles. The topological polar surface area (TPSA) is 69.4 Å². The lowest BCUT2D eigenvalue weighted by atomic mass is 9.76. The summed E-state index contributed by atoms with van der Waals surface area (Å²) in [6.45, 7) is 1.07. The summed E-state index contributed by atoms with van der Waals surface area (Å²) in [5.41, 5.74) is 0.955. The van der Waals surface area contributed by atoms with Gasteiger partial charge in [0.1, 0.15) is 0 Å². The lowest BCUT2D eigenvalue weighted by Crippen LogP contribution is -2.47. The molecule has 1 aliphatic rings. The van der Waals surface area contributed by atoms with Crippen LogP contribution in [0.2, 0.25) is 0 Å². The Morgan fingerprint density at radius 3 is 2.50 bits per heavy atom. The van der Waals surface area contributed by atoms with Gasteiger partial charge in [-0.15, -0.1) is 0 Å². The maximum atomic E-state index is 13.5. The van der Waals surface area contributed by atoms with Gasteiger partial charge in [0, 0.05) is 30.8 Å². The number of aromatic nitrogens is 1. The summed E-state index contributed by atoms with van der Waals surface area (Å²) >= 11 is 0. The normalized spacial score (nSPS) is 20.7. The van der Waals surface area contributed by atoms with Gasteiger partial charge < -0.3 is 9.84 Å². The van der Waals surface area contributed by atoms with Crippen LogP contribution in [-0.2, 0) is 13.0 Å². The zero-order valence-corrected chi connectivity index (χ0v) is 16.7. The van der Waals surface area contributed by atoms with E-state index in [0.717, 1.165) is 11.1 Å². The molecular weight excluding hydrogens is 395 g/mol. The SMILES string of the molecule is COc1ccc(CN2CC[C@@](CCc3ccc(C#N)cc3)([C@@H](O)C(F)(F)F)C2)cn1. The monoisotopic (exact) mass is 419 g/mol. The van der Waals surface area contributed by atoms with Crippen molar-refractivity contribution in [3.8, 4) is 11.9 Å². The number of benzene rings is 1. The van der Waals surface area contributed by atoms with Crippen LogP contribution in [0.4, 0.5) is 13.2 Å². The first-order valence-electron chi connectivity index (χ1n) is 9.71. The van der Waals surface area contributed by atoms with Crippen LogP contribution in [0.1, 0.15) is 29.5 Å². The number of hydrogen-bond acceptors (Lipinski definition) is 5. The molecular formula is C22H24F3N3O2. The summed E-state index contributed by atoms with van der Waals surface area (Å²) in [5.74, 6) is 0.476. The first kappa shape index (κ1) is 22.1. The minimum atomic E-state index is -4.68. The highest BCUT2D eigenvalue weighted by Gasteiger charge is 2.54. The Kier molecular flexibility index (Phi) is 6.64. The maximum absolute atomic E-state index is 13.5. The third-order valence-corrected chi connectivity index (χ3v) is 5.76. The van der Waals surface area contributed by atoms with Crippen molar-refractivity contribution in [2.45, 2.75) is 38.1 Å². The van der Waals surface area contributed by atoms with E-state index < -0.39 is 17.7 Å². The number of pyridine rings is 1. The van der Waals surface area contributed by atoms with Gasteiger partial charge in [-0.3, -0.25) is 4.90 Å². The second-order valence-electron chi connectivity index (χ2n) is 7.78. The van der Waals surface area contributed by atoms with Crippen molar-refractivity contribution in [2.24, 2.45) is 5.41 Å². The Bertz CT molecular complexity index is 878. The van der Waals surface area contributed by atoms with Crippen LogP contribution in [0, 0.1) is 16.7 Å². The molecule has 1 N–H and O–H groups in total. The van der Waals surface area contributed by atoms with Crippen LogP contribution < -0.4 is 4.74 Å². The van der Waals surface area contributed by atoms with Crippen LogP contribution in [0.15, 0.2) is 42.6 Å². The number of nitriles is 1. The number of ether oxygens (including phenoxy) is 1. The minimum Gasteiger partial charge on any atom is -0.481 e. The highest BCUT2D eigenvalue weighted by Crippen LogP contribution is 2.44. The second kappa shape index (κ2) is 9.02. The maximum Gasteiger partial charge on any atom is 0.414 e. The molecule has 2 aromatic rings. The molecule has 2 heterocycles. The van der Waals surface area contributed by atoms with Crippen molar-refractivity contribution >= 4 is 0 Å². The Morgan fingerprint density at radius 2 is 1.93 bits per heavy atom. The third-order valence-electron chi connectivity index (χ3n) is 5.76. The molecule has 0 radical (unpaired) electrons. The first-order chi connectivity index (χ1) is 14.3. The molecule has 1 fully saturated rings. The highest BCUT2D eigenvalue weighted by molar-refractivity contribution is 5.31. The molecule has 1 aromatic heterocycles. The van der Waals surface area contributed by atoms with Gasteiger partial charge in [-0.2, -0.15) is 18.4 Å². The molecule has 30 heavy (non-hydrogen) atoms. The van der Waals surface area contributed by atoms with Gasteiger partial charge in [-0.25, -0.2) is 4.98 Å². The molecule has 0 bridgehead atoms. The van der Waals surface area contributed by atoms with Crippen LogP contribution in [0.3, 0.4) is 0 Å². The van der Waals surface area contributed by atoms with Gasteiger partial charge in [0.15, 0.2) is 6.10 Å². The first-order valence-corrected chi connectivity index (χ1v) is 9.71. The molecule has 5 nitrogen and oxygen atoms in total. The number of alkyl halides is 3. The van der Waals surface area contributed by atoms with E-state index in [4.69, 9.17) is 10.00 Å². The van der Waals surface area contributed by atoms with E-state index in [2.05, 4.69) is 4.98 Å². The summed E-state index contributed by atoms with van der Waals surface area (Å²) in [5, 5.41) is 19.1. The van der Waals surface area contributed by atoms with E-state index in [1.54, 1.807) is 36.5 Å². The summed E-state index contributed by atoms with van der Waals surface area (Å²) in [7, 11) is 1.52. The van der Waals surface area contributed by atoms with Gasteiger partial charge in [0.2, 0.25) is 5.88 Å². The summed E-state index contributed by atoms with van der Waals surface area (Å²) in [4.78, 5) is 6.07. The average Bonchev–Trinajstić information content (AvgIpc) is 3.16. The van der Waals surface area contributed by atoms with Crippen molar-refractivity contribution < 1.29 is 23.0 Å². The van der Waals surface area contributed by atoms with Crippen molar-refractivity contribution in [1.82, 2.24) is 9.88 Å². The van der Waals surface area contributed by atoms with Crippen LogP contribution >= 0.6 is 0 Å². The number of halogens is 3. The lowest BCUT2D eigenvalue weighted by molar-refractivity contribution is -0.238. The molecule has 0 spiro atoms. The quantitative estimate of drug-likeness (QED) is 0.741. The van der Waals surface area contributed by atoms with Crippen molar-refractivity contribution in [1.29, 1.82) is 5.26 Å². The average molecular weight is 419 g/mol. The molecule has 2 atom stereocenters. The predicted octanol–water partition coefficient (Wildman–Crippen LogP) is 3.71. The lowest BCUT2D eigenvalue weighted by Gasteiger charge is -2.35. The van der Waals surface area contributed by atoms with Gasteiger partial charge in [0.25, 0.3) is 0 Å². The molecule has 3 rings (SSSR count). The number of likely N-dealkylation sites (tertiary alicyclic amines) is 1. The fourth-order valence-electron chi connectivity index (χ4n) is 4.05. The predicted molar refractivity (Wildman–Crippen MR) is 105 cm³/mol.